The molecule has 0 aromatic heterocycles. The van der Waals surface area contributed by atoms with Crippen molar-refractivity contribution in [3.8, 4) is 0 Å². The fourth-order valence-corrected chi connectivity index (χ4v) is 3.72. The molecule has 0 bridgehead atoms. The predicted molar refractivity (Wildman–Crippen MR) is 95.0 cm³/mol. The molecule has 2 aliphatic heterocycles. The van der Waals surface area contributed by atoms with Crippen LogP contribution < -0.4 is 5.32 Å². The maximum atomic E-state index is 12.5. The molecule has 2 heterocycles. The number of likely N-dealkylation sites (tertiary alicyclic amines) is 1. The Morgan fingerprint density at radius 3 is 2.72 bits per heavy atom. The van der Waals surface area contributed by atoms with Crippen LogP contribution in [-0.2, 0) is 14.9 Å². The largest absolute Gasteiger partial charge is 0.465 e. The van der Waals surface area contributed by atoms with E-state index in [0.29, 0.717) is 18.7 Å². The number of benzene rings is 1. The van der Waals surface area contributed by atoms with Crippen LogP contribution in [-0.4, -0.2) is 49.3 Å². The summed E-state index contributed by atoms with van der Waals surface area (Å²) in [4.78, 5) is 26.2. The van der Waals surface area contributed by atoms with Crippen LogP contribution in [0.2, 0.25) is 0 Å². The third-order valence-corrected chi connectivity index (χ3v) is 4.86. The Balaban J connectivity index is 1.86. The van der Waals surface area contributed by atoms with Crippen molar-refractivity contribution in [1.29, 1.82) is 0 Å². The van der Waals surface area contributed by atoms with Gasteiger partial charge in [-0.3, -0.25) is 0 Å². The minimum atomic E-state index is -0.508. The first-order valence-corrected chi connectivity index (χ1v) is 8.69. The molecule has 25 heavy (non-hydrogen) atoms. The van der Waals surface area contributed by atoms with Crippen LogP contribution in [0.5, 0.6) is 0 Å². The van der Waals surface area contributed by atoms with E-state index >= 15 is 0 Å². The van der Waals surface area contributed by atoms with Crippen molar-refractivity contribution in [2.75, 3.05) is 32.1 Å². The third kappa shape index (κ3) is 3.43. The molecule has 1 aromatic rings. The van der Waals surface area contributed by atoms with Gasteiger partial charge in [-0.15, -0.1) is 0 Å². The number of hydrogen-bond acceptors (Lipinski definition) is 5. The fraction of sp³-hybridized carbons (Fsp3) is 0.579. The molecule has 0 aliphatic carbocycles. The minimum Gasteiger partial charge on any atom is -0.465 e. The van der Waals surface area contributed by atoms with Crippen LogP contribution in [0, 0.1) is 0 Å². The van der Waals surface area contributed by atoms with Crippen molar-refractivity contribution in [2.45, 2.75) is 44.6 Å². The van der Waals surface area contributed by atoms with Gasteiger partial charge in [0.05, 0.1) is 12.7 Å². The van der Waals surface area contributed by atoms with E-state index in [4.69, 9.17) is 9.47 Å². The molecule has 1 spiro atoms. The highest BCUT2D eigenvalue weighted by Gasteiger charge is 2.44. The number of hydrogen-bond donors (Lipinski definition) is 1. The number of piperidine rings is 1. The summed E-state index contributed by atoms with van der Waals surface area (Å²) in [6.07, 6.45) is 1.60. The van der Waals surface area contributed by atoms with Crippen molar-refractivity contribution in [1.82, 2.24) is 4.90 Å². The zero-order valence-corrected chi connectivity index (χ0v) is 15.3. The number of nitrogens with zero attached hydrogens (tertiary/aromatic N) is 1. The quantitative estimate of drug-likeness (QED) is 0.791. The van der Waals surface area contributed by atoms with Gasteiger partial charge in [0.1, 0.15) is 5.60 Å². The zero-order valence-electron chi connectivity index (χ0n) is 15.3. The van der Waals surface area contributed by atoms with Gasteiger partial charge in [0.25, 0.3) is 0 Å². The SMILES string of the molecule is COC(=O)c1ccc2c(c1)C1(CCCN(C(=O)OC(C)(C)C)C1)CN2. The molecule has 1 N–H and O–H groups in total. The number of ether oxygens (including phenoxy) is 2. The molecule has 1 aromatic carbocycles. The van der Waals surface area contributed by atoms with Crippen LogP contribution in [0.4, 0.5) is 10.5 Å². The summed E-state index contributed by atoms with van der Waals surface area (Å²) in [6.45, 7) is 7.67. The molecular formula is C19H26N2O4. The van der Waals surface area contributed by atoms with Crippen LogP contribution >= 0.6 is 0 Å². The van der Waals surface area contributed by atoms with E-state index in [1.165, 1.54) is 7.11 Å². The topological polar surface area (TPSA) is 67.9 Å². The molecule has 3 rings (SSSR count). The van der Waals surface area contributed by atoms with E-state index in [-0.39, 0.29) is 17.5 Å². The first-order chi connectivity index (χ1) is 11.7. The molecule has 1 atom stereocenters. The number of anilines is 1. The summed E-state index contributed by atoms with van der Waals surface area (Å²) in [5.74, 6) is -0.343. The second kappa shape index (κ2) is 6.24. The molecule has 1 saturated heterocycles. The number of rotatable bonds is 1. The molecule has 1 unspecified atom stereocenters. The standard InChI is InChI=1S/C19H26N2O4/c1-18(2,3)25-17(23)21-9-5-8-19(12-21)11-20-15-7-6-13(10-14(15)19)16(22)24-4/h6-7,10,20H,5,8-9,11-12H2,1-4H3. The van der Waals surface area contributed by atoms with Crippen LogP contribution in [0.3, 0.4) is 0 Å². The summed E-state index contributed by atoms with van der Waals surface area (Å²) in [6, 6.07) is 5.59. The zero-order chi connectivity index (χ0) is 18.2. The fourth-order valence-electron chi connectivity index (χ4n) is 3.72. The molecule has 0 saturated carbocycles. The van der Waals surface area contributed by atoms with Crippen LogP contribution in [0.1, 0.15) is 49.5 Å². The lowest BCUT2D eigenvalue weighted by Gasteiger charge is -2.40. The second-order valence-electron chi connectivity index (χ2n) is 7.89. The minimum absolute atomic E-state index is 0.186. The van der Waals surface area contributed by atoms with E-state index in [1.54, 1.807) is 11.0 Å². The monoisotopic (exact) mass is 346 g/mol. The lowest BCUT2D eigenvalue weighted by Crippen LogP contribution is -2.50. The van der Waals surface area contributed by atoms with Gasteiger partial charge < -0.3 is 19.7 Å². The molecule has 6 heteroatoms. The van der Waals surface area contributed by atoms with Crippen molar-refractivity contribution in [3.05, 3.63) is 29.3 Å². The number of nitrogens with one attached hydrogen (secondary N) is 1. The van der Waals surface area contributed by atoms with Gasteiger partial charge in [0.2, 0.25) is 0 Å². The maximum Gasteiger partial charge on any atom is 0.410 e. The molecule has 136 valence electrons. The molecule has 2 aliphatic rings. The smallest absolute Gasteiger partial charge is 0.410 e. The highest BCUT2D eigenvalue weighted by Crippen LogP contribution is 2.43. The first kappa shape index (κ1) is 17.6. The summed E-state index contributed by atoms with van der Waals surface area (Å²) >= 11 is 0. The second-order valence-corrected chi connectivity index (χ2v) is 7.89. The van der Waals surface area contributed by atoms with Crippen molar-refractivity contribution < 1.29 is 19.1 Å². The molecule has 1 amide bonds. The van der Waals surface area contributed by atoms with E-state index in [1.807, 2.05) is 32.9 Å². The van der Waals surface area contributed by atoms with E-state index < -0.39 is 5.60 Å². The van der Waals surface area contributed by atoms with Gasteiger partial charge >= 0.3 is 12.1 Å². The lowest BCUT2D eigenvalue weighted by molar-refractivity contribution is 0.0146. The summed E-state index contributed by atoms with van der Waals surface area (Å²) < 4.78 is 10.4. The Morgan fingerprint density at radius 1 is 1.28 bits per heavy atom. The number of fused-ring (bicyclic) bond motifs is 2. The van der Waals surface area contributed by atoms with Crippen LogP contribution in [0.25, 0.3) is 0 Å². The van der Waals surface area contributed by atoms with Gasteiger partial charge in [0, 0.05) is 30.7 Å². The highest BCUT2D eigenvalue weighted by atomic mass is 16.6. The van der Waals surface area contributed by atoms with Gasteiger partial charge in [-0.2, -0.15) is 0 Å². The average molecular weight is 346 g/mol. The molecular weight excluding hydrogens is 320 g/mol. The normalized spacial score (nSPS) is 22.3. The number of esters is 1. The van der Waals surface area contributed by atoms with Gasteiger partial charge in [-0.25, -0.2) is 9.59 Å². The first-order valence-electron chi connectivity index (χ1n) is 8.69. The van der Waals surface area contributed by atoms with Crippen molar-refractivity contribution in [2.24, 2.45) is 0 Å². The number of carbonyl (C=O) groups excluding carboxylic acids is 2. The van der Waals surface area contributed by atoms with Gasteiger partial charge in [-0.1, -0.05) is 0 Å². The number of carbonyl (C=O) groups is 2. The Hall–Kier alpha value is -2.24. The Kier molecular flexibility index (Phi) is 4.39. The Labute approximate surface area is 148 Å². The van der Waals surface area contributed by atoms with Crippen LogP contribution in [0.15, 0.2) is 18.2 Å². The molecule has 0 radical (unpaired) electrons. The Morgan fingerprint density at radius 2 is 2.04 bits per heavy atom. The molecule has 1 fully saturated rings. The van der Waals surface area contributed by atoms with Crippen molar-refractivity contribution >= 4 is 17.7 Å². The summed E-state index contributed by atoms with van der Waals surface area (Å²) in [5.41, 5.74) is 1.96. The maximum absolute atomic E-state index is 12.5. The van der Waals surface area contributed by atoms with Gasteiger partial charge in [0.15, 0.2) is 0 Å². The molecule has 6 nitrogen and oxygen atoms in total. The number of amides is 1. The van der Waals surface area contributed by atoms with Crippen molar-refractivity contribution in [3.63, 3.8) is 0 Å². The Bertz CT molecular complexity index is 691. The third-order valence-electron chi connectivity index (χ3n) is 4.86. The highest BCUT2D eigenvalue weighted by molar-refractivity contribution is 5.90. The summed E-state index contributed by atoms with van der Waals surface area (Å²) in [5, 5.41) is 3.42. The van der Waals surface area contributed by atoms with Gasteiger partial charge in [-0.05, 0) is 57.4 Å². The van der Waals surface area contributed by atoms with E-state index in [0.717, 1.165) is 30.6 Å². The average Bonchev–Trinajstić information content (AvgIpc) is 2.90. The number of methoxy groups -OCH3 is 1. The van der Waals surface area contributed by atoms with E-state index in [2.05, 4.69) is 5.32 Å². The lowest BCUT2D eigenvalue weighted by atomic mass is 9.75. The summed E-state index contributed by atoms with van der Waals surface area (Å²) in [7, 11) is 1.38. The van der Waals surface area contributed by atoms with E-state index in [9.17, 15) is 9.59 Å². The predicted octanol–water partition coefficient (Wildman–Crippen LogP) is 3.17.